The van der Waals surface area contributed by atoms with Gasteiger partial charge in [-0.05, 0) is 24.9 Å². The summed E-state index contributed by atoms with van der Waals surface area (Å²) in [6, 6.07) is 2.03. The third-order valence-electron chi connectivity index (χ3n) is 1.07. The number of nitrogens with two attached hydrogens (primary N) is 1. The highest BCUT2D eigenvalue weighted by Gasteiger charge is 1.99. The van der Waals surface area contributed by atoms with Gasteiger partial charge < -0.3 is 0 Å². The van der Waals surface area contributed by atoms with Crippen LogP contribution in [0.4, 0.5) is 0 Å². The molecular weight excluding hydrogens is 156 g/mol. The molecule has 3 heteroatoms. The molecule has 0 saturated heterocycles. The SMILES string of the molecule is C=C/C=C(SN)\C(C#N)=C/C. The second kappa shape index (κ2) is 5.78. The molecule has 0 aromatic rings. The molecule has 0 aromatic heterocycles. The zero-order valence-corrected chi connectivity index (χ0v) is 7.19. The van der Waals surface area contributed by atoms with E-state index >= 15 is 0 Å². The quantitative estimate of drug-likeness (QED) is 0.397. The van der Waals surface area contributed by atoms with E-state index in [4.69, 9.17) is 10.4 Å². The van der Waals surface area contributed by atoms with Gasteiger partial charge >= 0.3 is 0 Å². The lowest BCUT2D eigenvalue weighted by atomic mass is 10.2. The van der Waals surface area contributed by atoms with Gasteiger partial charge in [-0.3, -0.25) is 5.14 Å². The molecule has 0 fully saturated rings. The maximum atomic E-state index is 8.59. The standard InChI is InChI=1S/C8H10N2S/c1-3-5-8(11-10)7(4-2)6-9/h3-5H,1,10H2,2H3/b7-4-,8-5+. The molecule has 58 valence electrons. The molecule has 0 aliphatic carbocycles. The van der Waals surface area contributed by atoms with Crippen LogP contribution in [0.15, 0.2) is 35.3 Å². The van der Waals surface area contributed by atoms with Crippen molar-refractivity contribution in [1.29, 1.82) is 5.26 Å². The largest absolute Gasteiger partial charge is 0.274 e. The Kier molecular flexibility index (Phi) is 5.26. The summed E-state index contributed by atoms with van der Waals surface area (Å²) in [6.07, 6.45) is 5.04. The van der Waals surface area contributed by atoms with Gasteiger partial charge in [-0.25, -0.2) is 0 Å². The Hall–Kier alpha value is -0.980. The Morgan fingerprint density at radius 3 is 2.64 bits per heavy atom. The second-order valence-electron chi connectivity index (χ2n) is 1.70. The predicted molar refractivity (Wildman–Crippen MR) is 49.4 cm³/mol. The number of nitrogens with zero attached hydrogens (tertiary/aromatic N) is 1. The van der Waals surface area contributed by atoms with Gasteiger partial charge in [-0.1, -0.05) is 18.7 Å². The van der Waals surface area contributed by atoms with E-state index in [1.807, 2.05) is 6.07 Å². The van der Waals surface area contributed by atoms with Crippen LogP contribution in [-0.4, -0.2) is 0 Å². The lowest BCUT2D eigenvalue weighted by molar-refractivity contribution is 1.47. The lowest BCUT2D eigenvalue weighted by Gasteiger charge is -1.97. The summed E-state index contributed by atoms with van der Waals surface area (Å²) < 4.78 is 0. The van der Waals surface area contributed by atoms with Crippen molar-refractivity contribution in [3.05, 3.63) is 35.3 Å². The number of rotatable bonds is 3. The molecule has 0 amide bonds. The van der Waals surface area contributed by atoms with Gasteiger partial charge in [0.2, 0.25) is 0 Å². The average Bonchev–Trinajstić information content (AvgIpc) is 2.05. The molecule has 0 aliphatic rings. The van der Waals surface area contributed by atoms with Crippen LogP contribution in [0.1, 0.15) is 6.92 Å². The summed E-state index contributed by atoms with van der Waals surface area (Å²) in [4.78, 5) is 0.741. The first-order valence-electron chi connectivity index (χ1n) is 3.06. The van der Waals surface area contributed by atoms with Gasteiger partial charge in [0.05, 0.1) is 11.6 Å². The Morgan fingerprint density at radius 2 is 2.36 bits per heavy atom. The molecular formula is C8H10N2S. The van der Waals surface area contributed by atoms with Gasteiger partial charge in [0.1, 0.15) is 0 Å². The molecule has 0 spiro atoms. The zero-order chi connectivity index (χ0) is 8.69. The molecule has 2 nitrogen and oxygen atoms in total. The summed E-state index contributed by atoms with van der Waals surface area (Å²) >= 11 is 1.05. The highest BCUT2D eigenvalue weighted by atomic mass is 32.2. The minimum Gasteiger partial charge on any atom is -0.274 e. The van der Waals surface area contributed by atoms with Crippen LogP contribution in [0.2, 0.25) is 0 Å². The fourth-order valence-electron chi connectivity index (χ4n) is 0.561. The first-order chi connectivity index (χ1) is 5.29. The van der Waals surface area contributed by atoms with Crippen LogP contribution in [-0.2, 0) is 0 Å². The minimum absolute atomic E-state index is 0.581. The van der Waals surface area contributed by atoms with Crippen LogP contribution in [0.25, 0.3) is 0 Å². The third-order valence-corrected chi connectivity index (χ3v) is 1.68. The normalized spacial score (nSPS) is 12.5. The molecule has 0 unspecified atom stereocenters. The fourth-order valence-corrected chi connectivity index (χ4v) is 1.03. The second-order valence-corrected chi connectivity index (χ2v) is 2.37. The van der Waals surface area contributed by atoms with E-state index in [1.54, 1.807) is 25.2 Å². The van der Waals surface area contributed by atoms with Crippen molar-refractivity contribution in [3.8, 4) is 6.07 Å². The van der Waals surface area contributed by atoms with Crippen LogP contribution >= 0.6 is 11.9 Å². The Morgan fingerprint density at radius 1 is 1.73 bits per heavy atom. The third kappa shape index (κ3) is 3.08. The topological polar surface area (TPSA) is 49.8 Å². The molecule has 0 radical (unpaired) electrons. The minimum atomic E-state index is 0.581. The Bertz CT molecular complexity index is 233. The van der Waals surface area contributed by atoms with E-state index < -0.39 is 0 Å². The van der Waals surface area contributed by atoms with Crippen molar-refractivity contribution in [2.45, 2.75) is 6.92 Å². The van der Waals surface area contributed by atoms with E-state index in [0.717, 1.165) is 16.9 Å². The van der Waals surface area contributed by atoms with Crippen LogP contribution in [0.3, 0.4) is 0 Å². The average molecular weight is 166 g/mol. The van der Waals surface area contributed by atoms with Crippen LogP contribution in [0.5, 0.6) is 0 Å². The fraction of sp³-hybridized carbons (Fsp3) is 0.125. The molecule has 0 bridgehead atoms. The van der Waals surface area contributed by atoms with Gasteiger partial charge in [0.25, 0.3) is 0 Å². The first-order valence-corrected chi connectivity index (χ1v) is 3.94. The van der Waals surface area contributed by atoms with Gasteiger partial charge in [0, 0.05) is 4.91 Å². The highest BCUT2D eigenvalue weighted by molar-refractivity contribution is 8.01. The van der Waals surface area contributed by atoms with Gasteiger partial charge in [-0.2, -0.15) is 5.26 Å². The molecule has 0 aliphatic heterocycles. The van der Waals surface area contributed by atoms with Crippen molar-refractivity contribution in [2.24, 2.45) is 5.14 Å². The number of allylic oxidation sites excluding steroid dienone is 4. The van der Waals surface area contributed by atoms with E-state index in [2.05, 4.69) is 6.58 Å². The monoisotopic (exact) mass is 166 g/mol. The molecule has 11 heavy (non-hydrogen) atoms. The lowest BCUT2D eigenvalue weighted by Crippen LogP contribution is -1.86. The van der Waals surface area contributed by atoms with Gasteiger partial charge in [-0.15, -0.1) is 0 Å². The first kappa shape index (κ1) is 10.0. The summed E-state index contributed by atoms with van der Waals surface area (Å²) in [5.41, 5.74) is 0.581. The van der Waals surface area contributed by atoms with E-state index in [0.29, 0.717) is 5.57 Å². The maximum Gasteiger partial charge on any atom is 0.1000 e. The van der Waals surface area contributed by atoms with Crippen molar-refractivity contribution in [2.75, 3.05) is 0 Å². The molecule has 2 N–H and O–H groups in total. The van der Waals surface area contributed by atoms with E-state index in [1.165, 1.54) is 0 Å². The smallest absolute Gasteiger partial charge is 0.1000 e. The molecule has 0 saturated carbocycles. The summed E-state index contributed by atoms with van der Waals surface area (Å²) in [6.45, 7) is 5.31. The molecule has 0 heterocycles. The van der Waals surface area contributed by atoms with E-state index in [-0.39, 0.29) is 0 Å². The van der Waals surface area contributed by atoms with Gasteiger partial charge in [0.15, 0.2) is 0 Å². The Balaban J connectivity index is 4.65. The summed E-state index contributed by atoms with van der Waals surface area (Å²) in [5, 5.41) is 13.9. The summed E-state index contributed by atoms with van der Waals surface area (Å²) in [5.74, 6) is 0. The Labute approximate surface area is 71.2 Å². The van der Waals surface area contributed by atoms with Crippen molar-refractivity contribution in [1.82, 2.24) is 0 Å². The number of hydrogen-bond donors (Lipinski definition) is 1. The zero-order valence-electron chi connectivity index (χ0n) is 6.37. The van der Waals surface area contributed by atoms with Crippen molar-refractivity contribution < 1.29 is 0 Å². The van der Waals surface area contributed by atoms with E-state index in [9.17, 15) is 0 Å². The summed E-state index contributed by atoms with van der Waals surface area (Å²) in [7, 11) is 0. The van der Waals surface area contributed by atoms with Crippen LogP contribution in [0, 0.1) is 11.3 Å². The molecule has 0 atom stereocenters. The maximum absolute atomic E-state index is 8.59. The molecule has 0 aromatic carbocycles. The number of hydrogen-bond acceptors (Lipinski definition) is 3. The predicted octanol–water partition coefficient (Wildman–Crippen LogP) is 2.13. The number of nitriles is 1. The van der Waals surface area contributed by atoms with Crippen molar-refractivity contribution >= 4 is 11.9 Å². The van der Waals surface area contributed by atoms with Crippen molar-refractivity contribution in [3.63, 3.8) is 0 Å². The highest BCUT2D eigenvalue weighted by Crippen LogP contribution is 2.17. The molecule has 0 rings (SSSR count). The van der Waals surface area contributed by atoms with Crippen LogP contribution < -0.4 is 5.14 Å².